The highest BCUT2D eigenvalue weighted by Gasteiger charge is 2.56. The van der Waals surface area contributed by atoms with Crippen LogP contribution in [0.3, 0.4) is 0 Å². The van der Waals surface area contributed by atoms with Gasteiger partial charge in [0.15, 0.2) is 0 Å². The van der Waals surface area contributed by atoms with Crippen molar-refractivity contribution >= 4 is 40.0 Å². The molecule has 3 aliphatic heterocycles. The molecule has 382 valence electrons. The van der Waals surface area contributed by atoms with E-state index in [-0.39, 0.29) is 55.6 Å². The summed E-state index contributed by atoms with van der Waals surface area (Å²) in [5.74, 6) is -7.64. The van der Waals surface area contributed by atoms with E-state index in [9.17, 15) is 29.4 Å². The standard InChI is InChI=1S/C55H81N3O11/c1-11-16-40-26-33(4)25-34(5)27-48(65-9)51-49(66-10)29-36(7)55(64,69-51)52(61)53(62)58-23-15-14-17-44(58)54(63)68-50(37(8)45(59)32-46(40)60)35(6)28-38-18-20-42(47(30-38)67-13-3)56-41-19-21-43-39(31-41)22-24-57(43)12-2/h11,19,21-22,24,26,28,31,34,36-38,40,42,44-45,47-51,56,59,64H,1,12-18,20,23,25,27,29-30,32H2,2-10H3/b33-26+,35-28?. The fraction of sp³-hybridized carbons (Fsp3) is 0.673. The Morgan fingerprint density at radius 2 is 1.71 bits per heavy atom. The summed E-state index contributed by atoms with van der Waals surface area (Å²) >= 11 is 0. The summed E-state index contributed by atoms with van der Waals surface area (Å²) in [5.41, 5.74) is 3.90. The fourth-order valence-corrected chi connectivity index (χ4v) is 11.5. The summed E-state index contributed by atoms with van der Waals surface area (Å²) in [4.78, 5) is 58.9. The number of rotatable bonds is 11. The third kappa shape index (κ3) is 12.7. The predicted molar refractivity (Wildman–Crippen MR) is 266 cm³/mol. The Hall–Kier alpha value is -4.18. The largest absolute Gasteiger partial charge is 0.456 e. The Morgan fingerprint density at radius 3 is 2.41 bits per heavy atom. The molecule has 4 heterocycles. The molecule has 69 heavy (non-hydrogen) atoms. The summed E-state index contributed by atoms with van der Waals surface area (Å²) < 4.78 is 33.2. The number of benzene rings is 1. The molecule has 3 N–H and O–H groups in total. The topological polar surface area (TPSA) is 175 Å². The Balaban J connectivity index is 1.31. The normalized spacial score (nSPS) is 35.9. The number of carbonyl (C=O) groups excluding carboxylic acids is 4. The molecule has 1 aromatic carbocycles. The molecule has 0 spiro atoms. The Kier molecular flexibility index (Phi) is 19.1. The number of hydrogen-bond acceptors (Lipinski definition) is 12. The average Bonchev–Trinajstić information content (AvgIpc) is 3.75. The van der Waals surface area contributed by atoms with Gasteiger partial charge in [-0.25, -0.2) is 4.79 Å². The fourth-order valence-electron chi connectivity index (χ4n) is 11.5. The number of hydrogen-bond donors (Lipinski definition) is 3. The van der Waals surface area contributed by atoms with Crippen molar-refractivity contribution < 1.29 is 53.1 Å². The van der Waals surface area contributed by atoms with Gasteiger partial charge in [-0.05, 0) is 134 Å². The van der Waals surface area contributed by atoms with E-state index < -0.39 is 77.8 Å². The lowest BCUT2D eigenvalue weighted by atomic mass is 9.80. The minimum atomic E-state index is -2.51. The lowest BCUT2D eigenvalue weighted by molar-refractivity contribution is -0.302. The van der Waals surface area contributed by atoms with Crippen LogP contribution >= 0.6 is 0 Å². The second-order valence-electron chi connectivity index (χ2n) is 20.6. The van der Waals surface area contributed by atoms with Crippen LogP contribution in [0.5, 0.6) is 0 Å². The molecule has 4 aliphatic rings. The third-order valence-corrected chi connectivity index (χ3v) is 15.5. The number of Topliss-reactive ketones (excluding diaryl/α,β-unsaturated/α-hetero) is 2. The van der Waals surface area contributed by atoms with Gasteiger partial charge in [0.1, 0.15) is 24.0 Å². The zero-order chi connectivity index (χ0) is 50.2. The maximum Gasteiger partial charge on any atom is 0.329 e. The molecular formula is C55H81N3O11. The second-order valence-corrected chi connectivity index (χ2v) is 20.6. The second kappa shape index (κ2) is 24.3. The van der Waals surface area contributed by atoms with Crippen molar-refractivity contribution in [3.63, 3.8) is 0 Å². The summed E-state index contributed by atoms with van der Waals surface area (Å²) in [6.45, 7) is 18.9. The van der Waals surface area contributed by atoms with Crippen molar-refractivity contribution in [1.29, 1.82) is 0 Å². The van der Waals surface area contributed by atoms with E-state index >= 15 is 0 Å². The number of aryl methyl sites for hydroxylation is 1. The van der Waals surface area contributed by atoms with Gasteiger partial charge in [-0.2, -0.15) is 0 Å². The van der Waals surface area contributed by atoms with E-state index in [1.54, 1.807) is 19.9 Å². The van der Waals surface area contributed by atoms with Gasteiger partial charge in [0.2, 0.25) is 5.79 Å². The van der Waals surface area contributed by atoms with Crippen LogP contribution in [0, 0.1) is 29.6 Å². The van der Waals surface area contributed by atoms with E-state index in [1.165, 1.54) is 30.0 Å². The van der Waals surface area contributed by atoms with Crippen LogP contribution in [0.25, 0.3) is 10.9 Å². The van der Waals surface area contributed by atoms with Gasteiger partial charge < -0.3 is 48.7 Å². The number of ketones is 2. The molecule has 1 amide bonds. The lowest BCUT2D eigenvalue weighted by Crippen LogP contribution is -2.64. The van der Waals surface area contributed by atoms with Gasteiger partial charge in [-0.15, -0.1) is 6.58 Å². The molecule has 6 rings (SSSR count). The van der Waals surface area contributed by atoms with Crippen molar-refractivity contribution in [3.05, 3.63) is 66.4 Å². The highest BCUT2D eigenvalue weighted by molar-refractivity contribution is 6.39. The first-order valence-corrected chi connectivity index (χ1v) is 25.6. The molecule has 2 bridgehead atoms. The van der Waals surface area contributed by atoms with E-state index in [2.05, 4.69) is 66.8 Å². The monoisotopic (exact) mass is 960 g/mol. The number of amides is 1. The Bertz CT molecular complexity index is 2170. The molecule has 1 aliphatic carbocycles. The van der Waals surface area contributed by atoms with Gasteiger partial charge >= 0.3 is 5.97 Å². The molecule has 3 fully saturated rings. The maximum absolute atomic E-state index is 14.6. The van der Waals surface area contributed by atoms with Crippen molar-refractivity contribution in [1.82, 2.24) is 9.47 Å². The minimum absolute atomic E-state index is 0.00795. The number of anilines is 1. The van der Waals surface area contributed by atoms with E-state index in [0.29, 0.717) is 50.7 Å². The molecular weight excluding hydrogens is 879 g/mol. The van der Waals surface area contributed by atoms with Gasteiger partial charge in [-0.3, -0.25) is 14.4 Å². The van der Waals surface area contributed by atoms with Crippen molar-refractivity contribution in [2.45, 2.75) is 180 Å². The quantitative estimate of drug-likeness (QED) is 0.112. The van der Waals surface area contributed by atoms with Crippen LogP contribution < -0.4 is 5.32 Å². The number of nitrogens with one attached hydrogen (secondary N) is 1. The molecule has 0 radical (unpaired) electrons. The van der Waals surface area contributed by atoms with E-state index in [1.807, 2.05) is 26.8 Å². The first kappa shape index (κ1) is 54.2. The van der Waals surface area contributed by atoms with Crippen molar-refractivity contribution in [3.8, 4) is 0 Å². The summed E-state index contributed by atoms with van der Waals surface area (Å²) in [5, 5.41) is 29.1. The van der Waals surface area contributed by atoms with Gasteiger partial charge in [-0.1, -0.05) is 44.6 Å². The number of nitrogens with zero attached hydrogens (tertiary/aromatic N) is 2. The number of ether oxygens (including phenoxy) is 5. The van der Waals surface area contributed by atoms with E-state index in [0.717, 1.165) is 30.6 Å². The number of methoxy groups -OCH3 is 2. The molecule has 14 heteroatoms. The SMILES string of the molecule is C=CCC1/C=C(\C)CC(C)CC(OC)C2OC(O)(C(=O)C(=O)N3CCCCC3C(=O)OC(C(C)=CC3CCC(Nc4ccc5c(ccn5CC)c4)C(OCC)C3)C(C)C(O)CC1=O)C(C)CC2OC. The zero-order valence-electron chi connectivity index (χ0n) is 42.7. The number of aliphatic hydroxyl groups excluding tert-OH is 1. The molecule has 2 aromatic rings. The number of esters is 1. The molecule has 1 saturated carbocycles. The van der Waals surface area contributed by atoms with Crippen LogP contribution in [0.4, 0.5) is 5.69 Å². The molecule has 14 unspecified atom stereocenters. The molecule has 2 saturated heterocycles. The number of piperidine rings is 1. The average molecular weight is 960 g/mol. The summed E-state index contributed by atoms with van der Waals surface area (Å²) in [6, 6.07) is 7.50. The number of aromatic nitrogens is 1. The molecule has 1 aromatic heterocycles. The van der Waals surface area contributed by atoms with Crippen LogP contribution in [0.1, 0.15) is 119 Å². The highest BCUT2D eigenvalue weighted by Crippen LogP contribution is 2.40. The van der Waals surface area contributed by atoms with Crippen LogP contribution in [0.15, 0.2) is 66.4 Å². The third-order valence-electron chi connectivity index (χ3n) is 15.5. The Morgan fingerprint density at radius 1 is 0.971 bits per heavy atom. The number of aliphatic hydroxyl groups is 2. The molecule has 14 atom stereocenters. The number of cyclic esters (lactones) is 1. The van der Waals surface area contributed by atoms with Gasteiger partial charge in [0.05, 0.1) is 30.5 Å². The summed E-state index contributed by atoms with van der Waals surface area (Å²) in [6.07, 6.45) is 8.70. The molecule has 14 nitrogen and oxygen atoms in total. The maximum atomic E-state index is 14.6. The highest BCUT2D eigenvalue weighted by atomic mass is 16.7. The zero-order valence-corrected chi connectivity index (χ0v) is 42.7. The predicted octanol–water partition coefficient (Wildman–Crippen LogP) is 8.12. The lowest BCUT2D eigenvalue weighted by Gasteiger charge is -2.47. The van der Waals surface area contributed by atoms with Crippen LogP contribution in [0.2, 0.25) is 0 Å². The summed E-state index contributed by atoms with van der Waals surface area (Å²) in [7, 11) is 3.08. The van der Waals surface area contributed by atoms with Gasteiger partial charge in [0.25, 0.3) is 11.7 Å². The number of carbonyl (C=O) groups is 4. The number of allylic oxidation sites excluding steroid dienone is 4. The smallest absolute Gasteiger partial charge is 0.329 e. The first-order chi connectivity index (χ1) is 33.0. The first-order valence-electron chi connectivity index (χ1n) is 25.6. The minimum Gasteiger partial charge on any atom is -0.456 e. The number of fused-ring (bicyclic) bond motifs is 4. The van der Waals surface area contributed by atoms with Crippen molar-refractivity contribution in [2.24, 2.45) is 29.6 Å². The van der Waals surface area contributed by atoms with Crippen LogP contribution in [-0.2, 0) is 49.4 Å². The van der Waals surface area contributed by atoms with Crippen molar-refractivity contribution in [2.75, 3.05) is 32.7 Å². The Labute approximate surface area is 410 Å². The van der Waals surface area contributed by atoms with Gasteiger partial charge in [0, 0.05) is 80.9 Å². The van der Waals surface area contributed by atoms with Crippen LogP contribution in [-0.4, -0.2) is 125 Å². The van der Waals surface area contributed by atoms with E-state index in [4.69, 9.17) is 23.7 Å².